The molecule has 48 heavy (non-hydrogen) atoms. The molecule has 1 saturated carbocycles. The predicted molar refractivity (Wildman–Crippen MR) is 195 cm³/mol. The molecule has 1 aliphatic carbocycles. The normalized spacial score (nSPS) is 21.8. The number of unbranched alkanes of at least 4 members (excludes halogenated alkanes) is 16. The van der Waals surface area contributed by atoms with Crippen molar-refractivity contribution in [2.24, 2.45) is 11.8 Å². The molecule has 0 bridgehead atoms. The second-order valence-electron chi connectivity index (χ2n) is 15.0. The first-order valence-electron chi connectivity index (χ1n) is 20.3. The molecule has 0 radical (unpaired) electrons. The van der Waals surface area contributed by atoms with Crippen LogP contribution in [0.5, 0.6) is 0 Å². The van der Waals surface area contributed by atoms with Crippen LogP contribution in [0, 0.1) is 11.8 Å². The third-order valence-electron chi connectivity index (χ3n) is 10.4. The van der Waals surface area contributed by atoms with Crippen LogP contribution in [0.25, 0.3) is 0 Å². The minimum atomic E-state index is -1.49. The highest BCUT2D eigenvalue weighted by atomic mass is 16.6. The summed E-state index contributed by atoms with van der Waals surface area (Å²) in [7, 11) is 0. The van der Waals surface area contributed by atoms with Crippen LogP contribution in [0.1, 0.15) is 182 Å². The Morgan fingerprint density at radius 2 is 1.02 bits per heavy atom. The van der Waals surface area contributed by atoms with E-state index in [1.807, 2.05) is 0 Å². The zero-order chi connectivity index (χ0) is 35.4. The standard InChI is InChI=1S/C40H78O8/c1-5-7-8-20-26-33(4)27-22-17-13-11-15-19-24-29-46-30-34(31-47-40-38(44)36(42)37(43)39(40)45)48-35(41)28-23-18-14-10-9-12-16-21-25-32(3)6-2/h32-34,36-40,42-45H,5-31H2,1-4H3/t32?,33?,34?,36-,37-,38+,39+/m1/s1. The Morgan fingerprint density at radius 1 is 0.562 bits per heavy atom. The molecule has 0 spiro atoms. The number of rotatable bonds is 33. The van der Waals surface area contributed by atoms with E-state index in [4.69, 9.17) is 14.2 Å². The molecule has 8 nitrogen and oxygen atoms in total. The van der Waals surface area contributed by atoms with E-state index < -0.39 is 36.6 Å². The summed E-state index contributed by atoms with van der Waals surface area (Å²) in [6.45, 7) is 9.88. The summed E-state index contributed by atoms with van der Waals surface area (Å²) in [5.74, 6) is 1.38. The predicted octanol–water partition coefficient (Wildman–Crippen LogP) is 8.43. The maximum absolute atomic E-state index is 12.6. The highest BCUT2D eigenvalue weighted by Crippen LogP contribution is 2.25. The Hall–Kier alpha value is -0.770. The average Bonchev–Trinajstić information content (AvgIpc) is 3.26. The highest BCUT2D eigenvalue weighted by Gasteiger charge is 2.49. The molecule has 0 aromatic rings. The third-order valence-corrected chi connectivity index (χ3v) is 10.4. The Labute approximate surface area is 295 Å². The lowest BCUT2D eigenvalue weighted by atomic mass is 9.96. The van der Waals surface area contributed by atoms with Gasteiger partial charge < -0.3 is 34.6 Å². The Morgan fingerprint density at radius 3 is 1.54 bits per heavy atom. The zero-order valence-corrected chi connectivity index (χ0v) is 31.6. The quantitative estimate of drug-likeness (QED) is 0.0401. The lowest BCUT2D eigenvalue weighted by Gasteiger charge is -2.24. The zero-order valence-electron chi connectivity index (χ0n) is 31.6. The lowest BCUT2D eigenvalue weighted by molar-refractivity contribution is -0.163. The summed E-state index contributed by atoms with van der Waals surface area (Å²) in [5, 5.41) is 40.1. The van der Waals surface area contributed by atoms with Crippen molar-refractivity contribution in [3.8, 4) is 0 Å². The molecule has 1 aliphatic rings. The monoisotopic (exact) mass is 687 g/mol. The molecule has 4 N–H and O–H groups in total. The van der Waals surface area contributed by atoms with Crippen molar-refractivity contribution >= 4 is 5.97 Å². The van der Waals surface area contributed by atoms with Crippen LogP contribution < -0.4 is 0 Å². The fourth-order valence-electron chi connectivity index (χ4n) is 6.66. The van der Waals surface area contributed by atoms with E-state index in [0.717, 1.165) is 43.9 Å². The van der Waals surface area contributed by atoms with Crippen LogP contribution in [-0.4, -0.2) is 82.8 Å². The van der Waals surface area contributed by atoms with Crippen LogP contribution in [0.4, 0.5) is 0 Å². The van der Waals surface area contributed by atoms with Crippen molar-refractivity contribution in [3.05, 3.63) is 0 Å². The van der Waals surface area contributed by atoms with E-state index in [2.05, 4.69) is 27.7 Å². The molecular formula is C40H78O8. The van der Waals surface area contributed by atoms with E-state index in [1.165, 1.54) is 116 Å². The number of hydrogen-bond acceptors (Lipinski definition) is 8. The Kier molecular flexibility index (Phi) is 28.2. The number of carbonyl (C=O) groups is 1. The fourth-order valence-corrected chi connectivity index (χ4v) is 6.66. The first-order chi connectivity index (χ1) is 23.2. The second kappa shape index (κ2) is 29.9. The summed E-state index contributed by atoms with van der Waals surface area (Å²) in [5.41, 5.74) is 0. The maximum Gasteiger partial charge on any atom is 0.306 e. The van der Waals surface area contributed by atoms with Crippen molar-refractivity contribution in [3.63, 3.8) is 0 Å². The first kappa shape index (κ1) is 45.3. The van der Waals surface area contributed by atoms with Crippen molar-refractivity contribution in [2.45, 2.75) is 218 Å². The first-order valence-corrected chi connectivity index (χ1v) is 20.3. The summed E-state index contributed by atoms with van der Waals surface area (Å²) in [6.07, 6.45) is 21.1. The topological polar surface area (TPSA) is 126 Å². The van der Waals surface area contributed by atoms with Gasteiger partial charge in [-0.25, -0.2) is 0 Å². The number of esters is 1. The molecule has 286 valence electrons. The Balaban J connectivity index is 2.25. The lowest BCUT2D eigenvalue weighted by Crippen LogP contribution is -2.39. The molecule has 1 fully saturated rings. The van der Waals surface area contributed by atoms with Crippen LogP contribution in [0.3, 0.4) is 0 Å². The number of hydrogen-bond donors (Lipinski definition) is 4. The number of carbonyl (C=O) groups excluding carboxylic acids is 1. The maximum atomic E-state index is 12.6. The van der Waals surface area contributed by atoms with Crippen molar-refractivity contribution in [2.75, 3.05) is 19.8 Å². The third kappa shape index (κ3) is 22.1. The number of ether oxygens (including phenoxy) is 3. The van der Waals surface area contributed by atoms with Crippen LogP contribution in [-0.2, 0) is 19.0 Å². The van der Waals surface area contributed by atoms with Gasteiger partial charge in [0.05, 0.1) is 13.2 Å². The molecule has 0 aromatic heterocycles. The summed E-state index contributed by atoms with van der Waals surface area (Å²) in [4.78, 5) is 12.6. The van der Waals surface area contributed by atoms with Crippen molar-refractivity contribution in [1.29, 1.82) is 0 Å². The fraction of sp³-hybridized carbons (Fsp3) is 0.975. The van der Waals surface area contributed by atoms with Gasteiger partial charge in [-0.3, -0.25) is 4.79 Å². The van der Waals surface area contributed by atoms with Gasteiger partial charge in [-0.2, -0.15) is 0 Å². The van der Waals surface area contributed by atoms with Gasteiger partial charge in [-0.1, -0.05) is 163 Å². The van der Waals surface area contributed by atoms with Crippen molar-refractivity contribution < 1.29 is 39.4 Å². The van der Waals surface area contributed by atoms with Gasteiger partial charge >= 0.3 is 5.97 Å². The minimum Gasteiger partial charge on any atom is -0.457 e. The van der Waals surface area contributed by atoms with Gasteiger partial charge in [0.2, 0.25) is 0 Å². The van der Waals surface area contributed by atoms with Crippen LogP contribution in [0.15, 0.2) is 0 Å². The molecule has 0 aromatic carbocycles. The largest absolute Gasteiger partial charge is 0.457 e. The van der Waals surface area contributed by atoms with Gasteiger partial charge in [-0.15, -0.1) is 0 Å². The van der Waals surface area contributed by atoms with Gasteiger partial charge in [0, 0.05) is 13.0 Å². The minimum absolute atomic E-state index is 0.0989. The molecular weight excluding hydrogens is 608 g/mol. The van der Waals surface area contributed by atoms with E-state index in [0.29, 0.717) is 13.0 Å². The summed E-state index contributed by atoms with van der Waals surface area (Å²) >= 11 is 0. The summed E-state index contributed by atoms with van der Waals surface area (Å²) < 4.78 is 17.2. The molecule has 8 heteroatoms. The van der Waals surface area contributed by atoms with Gasteiger partial charge in [0.15, 0.2) is 0 Å². The smallest absolute Gasteiger partial charge is 0.306 e. The molecule has 1 rings (SSSR count). The molecule has 0 amide bonds. The van der Waals surface area contributed by atoms with Gasteiger partial charge in [0.1, 0.15) is 36.6 Å². The molecule has 7 atom stereocenters. The summed E-state index contributed by atoms with van der Waals surface area (Å²) in [6, 6.07) is 0. The SMILES string of the molecule is CCCCCCC(C)CCCCCCCCCOCC(COC1[C@@H](O)[C@H](O)[C@@H](O)[C@@H]1O)OC(=O)CCCCCCCCCCC(C)CC. The molecule has 0 aliphatic heterocycles. The van der Waals surface area contributed by atoms with Gasteiger partial charge in [0.25, 0.3) is 0 Å². The average molecular weight is 687 g/mol. The van der Waals surface area contributed by atoms with E-state index in [1.54, 1.807) is 0 Å². The molecule has 0 heterocycles. The van der Waals surface area contributed by atoms with Crippen LogP contribution >= 0.6 is 0 Å². The van der Waals surface area contributed by atoms with Gasteiger partial charge in [-0.05, 0) is 24.7 Å². The molecule has 3 unspecified atom stereocenters. The van der Waals surface area contributed by atoms with E-state index >= 15 is 0 Å². The molecule has 0 saturated heterocycles. The number of aliphatic hydroxyl groups is 4. The van der Waals surface area contributed by atoms with E-state index in [9.17, 15) is 25.2 Å². The number of aliphatic hydroxyl groups excluding tert-OH is 4. The Bertz CT molecular complexity index is 722. The van der Waals surface area contributed by atoms with Crippen LogP contribution in [0.2, 0.25) is 0 Å². The van der Waals surface area contributed by atoms with Crippen molar-refractivity contribution in [1.82, 2.24) is 0 Å². The highest BCUT2D eigenvalue weighted by molar-refractivity contribution is 5.69. The second-order valence-corrected chi connectivity index (χ2v) is 15.0. The van der Waals surface area contributed by atoms with E-state index in [-0.39, 0.29) is 19.2 Å².